The fourth-order valence-corrected chi connectivity index (χ4v) is 3.54. The van der Waals surface area contributed by atoms with Crippen molar-refractivity contribution in [2.75, 3.05) is 20.8 Å². The third-order valence-electron chi connectivity index (χ3n) is 5.02. The summed E-state index contributed by atoms with van der Waals surface area (Å²) < 4.78 is 15.9. The highest BCUT2D eigenvalue weighted by Crippen LogP contribution is 2.29. The number of methoxy groups -OCH3 is 2. The Hall–Kier alpha value is -3.86. The zero-order valence-corrected chi connectivity index (χ0v) is 16.7. The van der Waals surface area contributed by atoms with E-state index in [-0.39, 0.29) is 12.4 Å². The molecule has 4 aromatic rings. The van der Waals surface area contributed by atoms with Gasteiger partial charge in [0.15, 0.2) is 6.61 Å². The van der Waals surface area contributed by atoms with E-state index in [4.69, 9.17) is 14.2 Å². The Morgan fingerprint density at radius 2 is 1.40 bits per heavy atom. The third-order valence-corrected chi connectivity index (χ3v) is 5.02. The molecule has 4 rings (SSSR count). The average Bonchev–Trinajstić information content (AvgIpc) is 2.80. The number of ketones is 1. The number of Topliss-reactive ketones (excluding diaryl/α,β-unsaturated/α-hetero) is 1. The van der Waals surface area contributed by atoms with Crippen LogP contribution < -0.4 is 9.47 Å². The minimum absolute atomic E-state index is 0.328. The highest BCUT2D eigenvalue weighted by Gasteiger charge is 2.19. The molecule has 5 heteroatoms. The fourth-order valence-electron chi connectivity index (χ4n) is 3.54. The molecule has 0 unspecified atom stereocenters. The summed E-state index contributed by atoms with van der Waals surface area (Å²) in [5.41, 5.74) is 0.784. The summed E-state index contributed by atoms with van der Waals surface area (Å²) in [7, 11) is 3.01. The van der Waals surface area contributed by atoms with Crippen molar-refractivity contribution in [1.82, 2.24) is 0 Å². The second-order valence-electron chi connectivity index (χ2n) is 6.76. The summed E-state index contributed by atoms with van der Waals surface area (Å²) in [6.45, 7) is -0.390. The number of fused-ring (bicyclic) bond motifs is 2. The highest BCUT2D eigenvalue weighted by molar-refractivity contribution is 6.17. The normalized spacial score (nSPS) is 10.7. The molecule has 0 aliphatic carbocycles. The van der Waals surface area contributed by atoms with Gasteiger partial charge in [0.2, 0.25) is 5.78 Å². The summed E-state index contributed by atoms with van der Waals surface area (Å²) >= 11 is 0. The predicted octanol–water partition coefficient (Wildman–Crippen LogP) is 5.05. The predicted molar refractivity (Wildman–Crippen MR) is 116 cm³/mol. The maximum absolute atomic E-state index is 13.0. The topological polar surface area (TPSA) is 61.8 Å². The molecule has 0 amide bonds. The zero-order valence-electron chi connectivity index (χ0n) is 16.7. The lowest BCUT2D eigenvalue weighted by Gasteiger charge is -2.12. The molecule has 0 aliphatic heterocycles. The van der Waals surface area contributed by atoms with Crippen LogP contribution >= 0.6 is 0 Å². The van der Waals surface area contributed by atoms with E-state index in [0.717, 1.165) is 21.5 Å². The fraction of sp³-hybridized carbons (Fsp3) is 0.120. The molecule has 150 valence electrons. The van der Waals surface area contributed by atoms with Crippen molar-refractivity contribution in [1.29, 1.82) is 0 Å². The zero-order chi connectivity index (χ0) is 21.1. The molecule has 0 aliphatic rings. The van der Waals surface area contributed by atoms with Crippen molar-refractivity contribution >= 4 is 33.3 Å². The van der Waals surface area contributed by atoms with Gasteiger partial charge in [-0.2, -0.15) is 0 Å². The number of benzene rings is 4. The smallest absolute Gasteiger partial charge is 0.339 e. The van der Waals surface area contributed by atoms with Gasteiger partial charge in [-0.1, -0.05) is 48.5 Å². The van der Waals surface area contributed by atoms with Gasteiger partial charge >= 0.3 is 5.97 Å². The van der Waals surface area contributed by atoms with Crippen LogP contribution in [0.25, 0.3) is 21.5 Å². The van der Waals surface area contributed by atoms with Crippen molar-refractivity contribution in [3.8, 4) is 11.5 Å². The lowest BCUT2D eigenvalue weighted by molar-refractivity contribution is 0.0477. The average molecular weight is 400 g/mol. The molecule has 0 heterocycles. The van der Waals surface area contributed by atoms with Gasteiger partial charge in [-0.3, -0.25) is 4.79 Å². The van der Waals surface area contributed by atoms with Gasteiger partial charge in [-0.15, -0.1) is 0 Å². The van der Waals surface area contributed by atoms with Crippen molar-refractivity contribution in [3.63, 3.8) is 0 Å². The SMILES string of the molecule is COc1ccc(C(=O)COC(=O)c2c3ccccc3cc3ccccc23)c(OC)c1. The lowest BCUT2D eigenvalue weighted by Crippen LogP contribution is -2.15. The molecular weight excluding hydrogens is 380 g/mol. The van der Waals surface area contributed by atoms with Crippen LogP contribution in [0.1, 0.15) is 20.7 Å². The summed E-state index contributed by atoms with van der Waals surface area (Å²) in [4.78, 5) is 25.7. The van der Waals surface area contributed by atoms with E-state index in [9.17, 15) is 9.59 Å². The standard InChI is InChI=1S/C25H20O5/c1-28-18-11-12-21(23(14-18)29-2)22(26)15-30-25(27)24-19-9-5-3-7-16(19)13-17-8-4-6-10-20(17)24/h3-14H,15H2,1-2H3. The van der Waals surface area contributed by atoms with Crippen molar-refractivity contribution in [2.24, 2.45) is 0 Å². The Morgan fingerprint density at radius 1 is 0.767 bits per heavy atom. The van der Waals surface area contributed by atoms with Gasteiger partial charge < -0.3 is 14.2 Å². The first-order valence-corrected chi connectivity index (χ1v) is 9.45. The van der Waals surface area contributed by atoms with Crippen LogP contribution in [0, 0.1) is 0 Å². The van der Waals surface area contributed by atoms with Crippen molar-refractivity contribution in [2.45, 2.75) is 0 Å². The number of carbonyl (C=O) groups is 2. The number of ether oxygens (including phenoxy) is 3. The maximum atomic E-state index is 13.0. The van der Waals surface area contributed by atoms with Gasteiger partial charge in [-0.25, -0.2) is 4.79 Å². The minimum atomic E-state index is -0.538. The van der Waals surface area contributed by atoms with Gasteiger partial charge in [0.1, 0.15) is 11.5 Å². The van der Waals surface area contributed by atoms with Crippen LogP contribution in [-0.2, 0) is 4.74 Å². The molecule has 0 saturated heterocycles. The number of hydrogen-bond donors (Lipinski definition) is 0. The van der Waals surface area contributed by atoms with Crippen LogP contribution in [0.2, 0.25) is 0 Å². The highest BCUT2D eigenvalue weighted by atomic mass is 16.5. The summed E-state index contributed by atoms with van der Waals surface area (Å²) in [5, 5.41) is 3.45. The molecule has 0 bridgehead atoms. The van der Waals surface area contributed by atoms with E-state index in [2.05, 4.69) is 0 Å². The van der Waals surface area contributed by atoms with Gasteiger partial charge in [0.25, 0.3) is 0 Å². The van der Waals surface area contributed by atoms with Gasteiger partial charge in [-0.05, 0) is 39.7 Å². The Balaban J connectivity index is 1.65. The third kappa shape index (κ3) is 3.57. The molecule has 0 radical (unpaired) electrons. The molecule has 0 atom stereocenters. The first-order chi connectivity index (χ1) is 14.6. The van der Waals surface area contributed by atoms with E-state index in [1.54, 1.807) is 18.2 Å². The molecular formula is C25H20O5. The van der Waals surface area contributed by atoms with E-state index in [0.29, 0.717) is 22.6 Å². The van der Waals surface area contributed by atoms with Crippen LogP contribution in [0.5, 0.6) is 11.5 Å². The molecule has 30 heavy (non-hydrogen) atoms. The van der Waals surface area contributed by atoms with Crippen molar-refractivity contribution < 1.29 is 23.8 Å². The number of rotatable bonds is 6. The van der Waals surface area contributed by atoms with E-state index in [1.165, 1.54) is 14.2 Å². The van der Waals surface area contributed by atoms with Crippen LogP contribution in [-0.4, -0.2) is 32.6 Å². The molecule has 0 spiro atoms. The van der Waals surface area contributed by atoms with E-state index < -0.39 is 5.97 Å². The lowest BCUT2D eigenvalue weighted by atomic mass is 9.97. The quantitative estimate of drug-likeness (QED) is 0.257. The molecule has 0 aromatic heterocycles. The Bertz CT molecular complexity index is 1210. The van der Waals surface area contributed by atoms with Gasteiger partial charge in [0, 0.05) is 6.07 Å². The second-order valence-corrected chi connectivity index (χ2v) is 6.76. The summed E-state index contributed by atoms with van der Waals surface area (Å²) in [6, 6.07) is 22.2. The van der Waals surface area contributed by atoms with Crippen LogP contribution in [0.15, 0.2) is 72.8 Å². The number of carbonyl (C=O) groups excluding carboxylic acids is 2. The second kappa shape index (κ2) is 8.25. The first kappa shape index (κ1) is 19.5. The number of hydrogen-bond acceptors (Lipinski definition) is 5. The Labute approximate surface area is 173 Å². The van der Waals surface area contributed by atoms with E-state index in [1.807, 2.05) is 54.6 Å². The van der Waals surface area contributed by atoms with Crippen LogP contribution in [0.4, 0.5) is 0 Å². The Morgan fingerprint density at radius 3 is 2.00 bits per heavy atom. The molecule has 5 nitrogen and oxygen atoms in total. The summed E-state index contributed by atoms with van der Waals surface area (Å²) in [6.07, 6.45) is 0. The summed E-state index contributed by atoms with van der Waals surface area (Å²) in [5.74, 6) is 0.0462. The molecule has 0 N–H and O–H groups in total. The van der Waals surface area contributed by atoms with Crippen LogP contribution in [0.3, 0.4) is 0 Å². The molecule has 4 aromatic carbocycles. The Kier molecular flexibility index (Phi) is 5.35. The number of esters is 1. The van der Waals surface area contributed by atoms with Crippen molar-refractivity contribution in [3.05, 3.63) is 83.9 Å². The van der Waals surface area contributed by atoms with E-state index >= 15 is 0 Å². The largest absolute Gasteiger partial charge is 0.497 e. The van der Waals surface area contributed by atoms with Gasteiger partial charge in [0.05, 0.1) is 25.3 Å². The molecule has 0 saturated carbocycles. The monoisotopic (exact) mass is 400 g/mol. The molecule has 0 fully saturated rings. The first-order valence-electron chi connectivity index (χ1n) is 9.45. The minimum Gasteiger partial charge on any atom is -0.497 e. The maximum Gasteiger partial charge on any atom is 0.339 e.